The van der Waals surface area contributed by atoms with Crippen molar-refractivity contribution in [3.63, 3.8) is 0 Å². The second-order valence-electron chi connectivity index (χ2n) is 9.37. The third-order valence-corrected chi connectivity index (χ3v) is 5.64. The molecule has 2 N–H and O–H groups in total. The predicted octanol–water partition coefficient (Wildman–Crippen LogP) is 6.31. The van der Waals surface area contributed by atoms with E-state index in [1.54, 1.807) is 43.5 Å². The van der Waals surface area contributed by atoms with Crippen LogP contribution in [0.5, 0.6) is 0 Å². The molecule has 0 unspecified atom stereocenters. The van der Waals surface area contributed by atoms with Crippen LogP contribution >= 0.6 is 0 Å². The number of nitrogens with zero attached hydrogens (tertiary/aromatic N) is 1. The topological polar surface area (TPSA) is 79.1 Å². The van der Waals surface area contributed by atoms with Gasteiger partial charge >= 0.3 is 5.97 Å². The molecule has 5 heteroatoms. The van der Waals surface area contributed by atoms with Crippen LogP contribution in [0.2, 0.25) is 0 Å². The van der Waals surface area contributed by atoms with Crippen LogP contribution in [0.4, 0.5) is 0 Å². The number of ether oxygens (including phenoxy) is 1. The van der Waals surface area contributed by atoms with Gasteiger partial charge in [-0.2, -0.15) is 0 Å². The quantitative estimate of drug-likeness (QED) is 0.338. The molecule has 0 amide bonds. The Morgan fingerprint density at radius 3 is 2.10 bits per heavy atom. The molecule has 5 nitrogen and oxygen atoms in total. The number of benzene rings is 1. The molecule has 30 heavy (non-hydrogen) atoms. The Hall–Kier alpha value is -2.82. The highest BCUT2D eigenvalue weighted by Gasteiger charge is 2.26. The van der Waals surface area contributed by atoms with Crippen molar-refractivity contribution in [2.45, 2.75) is 53.4 Å². The summed E-state index contributed by atoms with van der Waals surface area (Å²) >= 11 is 0. The molecule has 0 heterocycles. The zero-order valence-electron chi connectivity index (χ0n) is 18.6. The molecule has 1 aromatic carbocycles. The van der Waals surface area contributed by atoms with Gasteiger partial charge in [0.05, 0.1) is 12.7 Å². The predicted molar refractivity (Wildman–Crippen MR) is 121 cm³/mol. The molecule has 0 bridgehead atoms. The highest BCUT2D eigenvalue weighted by atomic mass is 16.5. The summed E-state index contributed by atoms with van der Waals surface area (Å²) < 4.78 is 5.68. The van der Waals surface area contributed by atoms with Crippen molar-refractivity contribution >= 4 is 17.8 Å². The molecule has 0 saturated heterocycles. The first-order chi connectivity index (χ1) is 14.1. The van der Waals surface area contributed by atoms with Gasteiger partial charge in [0.1, 0.15) is 11.5 Å². The Kier molecular flexibility index (Phi) is 7.65. The van der Waals surface area contributed by atoms with Crippen LogP contribution in [-0.2, 0) is 4.74 Å². The van der Waals surface area contributed by atoms with E-state index in [9.17, 15) is 10.0 Å². The van der Waals surface area contributed by atoms with Gasteiger partial charge < -0.3 is 15.1 Å². The first kappa shape index (κ1) is 23.5. The van der Waals surface area contributed by atoms with Crippen molar-refractivity contribution < 1.29 is 19.8 Å². The second-order valence-corrected chi connectivity index (χ2v) is 9.37. The number of allylic oxidation sites excluding steroid dienone is 4. The van der Waals surface area contributed by atoms with E-state index in [0.717, 1.165) is 36.8 Å². The number of aromatic carboxylic acids is 1. The van der Waals surface area contributed by atoms with E-state index in [2.05, 4.69) is 45.0 Å². The first-order valence-corrected chi connectivity index (χ1v) is 10.3. The number of hydrogen-bond donors (Lipinski definition) is 2. The van der Waals surface area contributed by atoms with E-state index < -0.39 is 5.97 Å². The number of rotatable bonds is 5. The van der Waals surface area contributed by atoms with E-state index in [1.807, 2.05) is 0 Å². The summed E-state index contributed by atoms with van der Waals surface area (Å²) in [6.45, 7) is 9.04. The lowest BCUT2D eigenvalue weighted by Crippen LogP contribution is -2.19. The van der Waals surface area contributed by atoms with E-state index in [-0.39, 0.29) is 16.4 Å². The fraction of sp³-hybridized carbons (Fsp3) is 0.440. The summed E-state index contributed by atoms with van der Waals surface area (Å²) in [7, 11) is 1.63. The third-order valence-electron chi connectivity index (χ3n) is 5.64. The lowest BCUT2D eigenvalue weighted by molar-refractivity contribution is 0.0697. The molecule has 0 aromatic heterocycles. The largest absolute Gasteiger partial charge is 0.496 e. The third kappa shape index (κ3) is 6.61. The monoisotopic (exact) mass is 411 g/mol. The van der Waals surface area contributed by atoms with Gasteiger partial charge in [-0.05, 0) is 66.4 Å². The molecule has 1 aromatic rings. The summed E-state index contributed by atoms with van der Waals surface area (Å²) in [4.78, 5) is 11.0. The molecule has 0 spiro atoms. The molecular formula is C25H33NO4. The number of hydrogen-bond acceptors (Lipinski definition) is 4. The zero-order valence-corrected chi connectivity index (χ0v) is 18.6. The molecule has 0 aliphatic heterocycles. The molecule has 0 atom stereocenters. The summed E-state index contributed by atoms with van der Waals surface area (Å²) in [6.07, 6.45) is 11.6. The maximum Gasteiger partial charge on any atom is 0.335 e. The summed E-state index contributed by atoms with van der Waals surface area (Å²) in [6, 6.07) is 6.53. The van der Waals surface area contributed by atoms with E-state index in [0.29, 0.717) is 11.5 Å². The Bertz CT molecular complexity index is 871. The van der Waals surface area contributed by atoms with Crippen molar-refractivity contribution in [1.82, 2.24) is 0 Å². The van der Waals surface area contributed by atoms with Gasteiger partial charge in [0, 0.05) is 5.57 Å². The Labute approximate surface area is 179 Å². The normalized spacial score (nSPS) is 23.2. The van der Waals surface area contributed by atoms with Gasteiger partial charge in [-0.1, -0.05) is 57.1 Å². The van der Waals surface area contributed by atoms with Gasteiger partial charge in [0.2, 0.25) is 0 Å². The number of carbonyl (C=O) groups is 1. The Morgan fingerprint density at radius 1 is 1.03 bits per heavy atom. The van der Waals surface area contributed by atoms with Crippen molar-refractivity contribution in [2.24, 2.45) is 16.0 Å². The lowest BCUT2D eigenvalue weighted by Gasteiger charge is -2.31. The average molecular weight is 412 g/mol. The van der Waals surface area contributed by atoms with Crippen LogP contribution in [0, 0.1) is 10.8 Å². The first-order valence-electron chi connectivity index (χ1n) is 10.3. The maximum atomic E-state index is 11.0. The SMILES string of the molecule is COC1=C/CC(C)(C)CCC(C)(C)C/C=C\1C(/C=C/c1ccc(C(=O)O)cc1)=N/O. The van der Waals surface area contributed by atoms with Crippen LogP contribution in [0.15, 0.2) is 59.0 Å². The average Bonchev–Trinajstić information content (AvgIpc) is 2.70. The van der Waals surface area contributed by atoms with Crippen molar-refractivity contribution in [2.75, 3.05) is 7.11 Å². The fourth-order valence-corrected chi connectivity index (χ4v) is 3.35. The van der Waals surface area contributed by atoms with E-state index >= 15 is 0 Å². The molecule has 0 saturated carbocycles. The van der Waals surface area contributed by atoms with Crippen LogP contribution in [0.1, 0.15) is 69.3 Å². The van der Waals surface area contributed by atoms with Gasteiger partial charge in [0.25, 0.3) is 0 Å². The molecule has 1 aliphatic rings. The molecule has 1 aliphatic carbocycles. The van der Waals surface area contributed by atoms with E-state index in [1.165, 1.54) is 0 Å². The highest BCUT2D eigenvalue weighted by Crippen LogP contribution is 2.38. The fourth-order valence-electron chi connectivity index (χ4n) is 3.35. The molecule has 162 valence electrons. The molecular weight excluding hydrogens is 378 g/mol. The number of methoxy groups -OCH3 is 1. The Balaban J connectivity index is 2.39. The smallest absolute Gasteiger partial charge is 0.335 e. The second kappa shape index (κ2) is 9.79. The van der Waals surface area contributed by atoms with Gasteiger partial charge in [-0.25, -0.2) is 4.79 Å². The van der Waals surface area contributed by atoms with Gasteiger partial charge in [0.15, 0.2) is 0 Å². The minimum atomic E-state index is -0.963. The summed E-state index contributed by atoms with van der Waals surface area (Å²) in [5.74, 6) is -0.269. The van der Waals surface area contributed by atoms with Crippen LogP contribution in [0.25, 0.3) is 6.08 Å². The standard InChI is InChI=1S/C25H33NO4/c1-24(2)14-12-20(22(30-5)13-15-25(3,4)17-16-24)21(26-29)11-8-18-6-9-19(10-7-18)23(27)28/h6-13,29H,14-17H2,1-5H3,(H,27,28)/b11-8+,20-12-,22-13+,26-21+. The van der Waals surface area contributed by atoms with Crippen molar-refractivity contribution in [1.29, 1.82) is 0 Å². The number of carboxylic acid groups (broad SMARTS) is 1. The van der Waals surface area contributed by atoms with Gasteiger partial charge in [-0.3, -0.25) is 0 Å². The van der Waals surface area contributed by atoms with Crippen LogP contribution in [-0.4, -0.2) is 29.1 Å². The summed E-state index contributed by atoms with van der Waals surface area (Å²) in [5.41, 5.74) is 2.47. The maximum absolute atomic E-state index is 11.0. The van der Waals surface area contributed by atoms with Crippen molar-refractivity contribution in [3.8, 4) is 0 Å². The zero-order chi connectivity index (χ0) is 22.4. The van der Waals surface area contributed by atoms with E-state index in [4.69, 9.17) is 9.84 Å². The number of oxime groups is 1. The van der Waals surface area contributed by atoms with Crippen molar-refractivity contribution in [3.05, 3.63) is 65.0 Å². The molecule has 2 rings (SSSR count). The van der Waals surface area contributed by atoms with Crippen LogP contribution < -0.4 is 0 Å². The lowest BCUT2D eigenvalue weighted by atomic mass is 9.74. The van der Waals surface area contributed by atoms with Crippen LogP contribution in [0.3, 0.4) is 0 Å². The minimum Gasteiger partial charge on any atom is -0.496 e. The molecule has 0 fully saturated rings. The minimum absolute atomic E-state index is 0.121. The van der Waals surface area contributed by atoms with Gasteiger partial charge in [-0.15, -0.1) is 0 Å². The highest BCUT2D eigenvalue weighted by molar-refractivity contribution is 6.12. The summed E-state index contributed by atoms with van der Waals surface area (Å²) in [5, 5.41) is 22.3. The number of carboxylic acids is 1. The molecule has 0 radical (unpaired) electrons. The Morgan fingerprint density at radius 2 is 1.60 bits per heavy atom.